The van der Waals surface area contributed by atoms with Gasteiger partial charge in [-0.25, -0.2) is 0 Å². The van der Waals surface area contributed by atoms with E-state index in [0.717, 1.165) is 78.1 Å². The van der Waals surface area contributed by atoms with Gasteiger partial charge in [0, 0.05) is 35.5 Å². The number of aliphatic hydroxyl groups excluding tert-OH is 1. The lowest BCUT2D eigenvalue weighted by Gasteiger charge is -2.47. The van der Waals surface area contributed by atoms with E-state index in [2.05, 4.69) is 61.2 Å². The first-order valence-electron chi connectivity index (χ1n) is 15.7. The number of aryl methyl sites for hydroxylation is 1. The number of carbonyl (C=O) groups excluding carboxylic acids is 1. The maximum absolute atomic E-state index is 14.1. The summed E-state index contributed by atoms with van der Waals surface area (Å²) in [4.78, 5) is 18.4. The van der Waals surface area contributed by atoms with Gasteiger partial charge in [-0.05, 0) is 112 Å². The number of thiophene rings is 1. The van der Waals surface area contributed by atoms with Crippen LogP contribution in [0.2, 0.25) is 0 Å². The van der Waals surface area contributed by atoms with E-state index in [9.17, 15) is 15.0 Å². The summed E-state index contributed by atoms with van der Waals surface area (Å²) in [5, 5.41) is 23.5. The van der Waals surface area contributed by atoms with Gasteiger partial charge in [-0.2, -0.15) is 0 Å². The lowest BCUT2D eigenvalue weighted by atomic mass is 9.64. The van der Waals surface area contributed by atoms with Crippen LogP contribution in [0.25, 0.3) is 0 Å². The molecule has 2 N–H and O–H groups in total. The maximum Gasteiger partial charge on any atom is 0.203 e. The van der Waals surface area contributed by atoms with Gasteiger partial charge in [-0.3, -0.25) is 9.69 Å². The van der Waals surface area contributed by atoms with Gasteiger partial charge < -0.3 is 10.2 Å². The van der Waals surface area contributed by atoms with E-state index in [0.29, 0.717) is 19.4 Å². The zero-order valence-electron chi connectivity index (χ0n) is 25.4. The standard InChI is InChI=1S/C37H45NO3S/c1-25-7-6-18-36(3)33(16-19-37(36,41)24-38-20-17-28-8-4-5-9-29(28)23-38)31-14-12-27(21-30(39)13-10-25)22-32(31)35(40)34-15-11-26(2)42-34/h4-5,7-9,11-12,14-15,22,30,33,39,41H,6,10,13,16-21,23-24H2,1-3H3. The molecule has 1 aliphatic heterocycles. The zero-order valence-corrected chi connectivity index (χ0v) is 26.2. The Labute approximate surface area is 255 Å². The van der Waals surface area contributed by atoms with Gasteiger partial charge in [0.2, 0.25) is 5.78 Å². The highest BCUT2D eigenvalue weighted by atomic mass is 32.1. The molecule has 5 heteroatoms. The number of allylic oxidation sites excluding steroid dienone is 2. The van der Waals surface area contributed by atoms with Crippen molar-refractivity contribution in [3.8, 4) is 0 Å². The second-order valence-corrected chi connectivity index (χ2v) is 14.7. The molecule has 0 radical (unpaired) electrons. The Morgan fingerprint density at radius 1 is 1.02 bits per heavy atom. The Kier molecular flexibility index (Phi) is 8.32. The highest BCUT2D eigenvalue weighted by Gasteiger charge is 2.57. The van der Waals surface area contributed by atoms with Crippen molar-refractivity contribution in [2.45, 2.75) is 96.3 Å². The van der Waals surface area contributed by atoms with Crippen LogP contribution >= 0.6 is 11.3 Å². The second kappa shape index (κ2) is 11.8. The van der Waals surface area contributed by atoms with Crippen LogP contribution in [0.15, 0.2) is 66.2 Å². The van der Waals surface area contributed by atoms with Crippen molar-refractivity contribution in [1.82, 2.24) is 4.90 Å². The van der Waals surface area contributed by atoms with Gasteiger partial charge in [0.05, 0.1) is 16.6 Å². The molecule has 4 aliphatic rings. The third-order valence-corrected chi connectivity index (χ3v) is 11.6. The molecule has 0 spiro atoms. The Bertz CT molecular complexity index is 1490. The molecule has 0 saturated heterocycles. The molecule has 1 saturated carbocycles. The monoisotopic (exact) mass is 583 g/mol. The van der Waals surface area contributed by atoms with Gasteiger partial charge >= 0.3 is 0 Å². The molecule has 2 heterocycles. The van der Waals surface area contributed by atoms with Crippen molar-refractivity contribution >= 4 is 17.1 Å². The quantitative estimate of drug-likeness (QED) is 0.248. The molecule has 222 valence electrons. The van der Waals surface area contributed by atoms with E-state index in [1.54, 1.807) is 11.3 Å². The van der Waals surface area contributed by atoms with Gasteiger partial charge in [0.25, 0.3) is 0 Å². The predicted molar refractivity (Wildman–Crippen MR) is 171 cm³/mol. The lowest BCUT2D eigenvalue weighted by Crippen LogP contribution is -2.53. The van der Waals surface area contributed by atoms with Crippen molar-refractivity contribution in [3.63, 3.8) is 0 Å². The predicted octanol–water partition coefficient (Wildman–Crippen LogP) is 7.38. The Balaban J connectivity index is 1.40. The summed E-state index contributed by atoms with van der Waals surface area (Å²) in [7, 11) is 0. The number of hydrogen-bond acceptors (Lipinski definition) is 5. The molecule has 42 heavy (non-hydrogen) atoms. The van der Waals surface area contributed by atoms with E-state index >= 15 is 0 Å². The fourth-order valence-corrected chi connectivity index (χ4v) is 8.77. The summed E-state index contributed by atoms with van der Waals surface area (Å²) in [6.45, 7) is 8.97. The van der Waals surface area contributed by atoms with Crippen LogP contribution in [-0.4, -0.2) is 45.7 Å². The molecular weight excluding hydrogens is 538 g/mol. The van der Waals surface area contributed by atoms with Crippen molar-refractivity contribution in [2.75, 3.05) is 13.1 Å². The number of fused-ring (bicyclic) bond motifs is 9. The van der Waals surface area contributed by atoms with Crippen molar-refractivity contribution < 1.29 is 15.0 Å². The minimum atomic E-state index is -0.864. The fraction of sp³-hybridized carbons (Fsp3) is 0.486. The average molecular weight is 584 g/mol. The van der Waals surface area contributed by atoms with E-state index in [4.69, 9.17) is 0 Å². The van der Waals surface area contributed by atoms with Gasteiger partial charge in [-0.15, -0.1) is 11.3 Å². The van der Waals surface area contributed by atoms with E-state index < -0.39 is 17.1 Å². The maximum atomic E-state index is 14.1. The van der Waals surface area contributed by atoms with Crippen LogP contribution in [0.4, 0.5) is 0 Å². The van der Waals surface area contributed by atoms with Gasteiger partial charge in [-0.1, -0.05) is 55.0 Å². The number of nitrogens with zero attached hydrogens (tertiary/aromatic N) is 1. The average Bonchev–Trinajstić information content (AvgIpc) is 3.51. The molecular formula is C37H45NO3S. The first kappa shape index (κ1) is 29.5. The molecule has 7 rings (SSSR count). The van der Waals surface area contributed by atoms with Gasteiger partial charge in [0.15, 0.2) is 0 Å². The Hall–Kier alpha value is -2.57. The molecule has 4 atom stereocenters. The summed E-state index contributed by atoms with van der Waals surface area (Å²) in [5.74, 6) is 0.128. The van der Waals surface area contributed by atoms with Crippen LogP contribution in [0, 0.1) is 12.3 Å². The van der Waals surface area contributed by atoms with Crippen LogP contribution in [0.5, 0.6) is 0 Å². The topological polar surface area (TPSA) is 60.8 Å². The number of ketones is 1. The number of hydrogen-bond donors (Lipinski definition) is 2. The van der Waals surface area contributed by atoms with Crippen LogP contribution in [0.1, 0.15) is 101 Å². The third-order valence-electron chi connectivity index (χ3n) is 10.6. The number of benzene rings is 2. The second-order valence-electron chi connectivity index (χ2n) is 13.4. The number of rotatable bonds is 4. The molecule has 2 bridgehead atoms. The Morgan fingerprint density at radius 3 is 2.62 bits per heavy atom. The number of aliphatic hydroxyl groups is 2. The first-order chi connectivity index (χ1) is 20.1. The first-order valence-corrected chi connectivity index (χ1v) is 16.6. The summed E-state index contributed by atoms with van der Waals surface area (Å²) in [6.07, 6.45) is 8.31. The molecule has 3 aromatic rings. The molecule has 0 amide bonds. The largest absolute Gasteiger partial charge is 0.393 e. The highest BCUT2D eigenvalue weighted by molar-refractivity contribution is 7.14. The lowest BCUT2D eigenvalue weighted by molar-refractivity contribution is -0.0856. The molecule has 4 unspecified atom stereocenters. The minimum Gasteiger partial charge on any atom is -0.393 e. The zero-order chi connectivity index (χ0) is 29.5. The minimum absolute atomic E-state index is 0.0627. The molecule has 3 aliphatic carbocycles. The van der Waals surface area contributed by atoms with E-state index in [1.807, 2.05) is 25.1 Å². The number of carbonyl (C=O) groups is 1. The fourth-order valence-electron chi connectivity index (χ4n) is 7.94. The van der Waals surface area contributed by atoms with Gasteiger partial charge in [0.1, 0.15) is 0 Å². The number of β-amino-alcohol motifs (C(OH)–C–C–N with tert-alkyl or cyclic N) is 1. The van der Waals surface area contributed by atoms with Crippen molar-refractivity contribution in [2.24, 2.45) is 5.41 Å². The smallest absolute Gasteiger partial charge is 0.203 e. The highest BCUT2D eigenvalue weighted by Crippen LogP contribution is 2.59. The van der Waals surface area contributed by atoms with E-state index in [-0.39, 0.29) is 11.7 Å². The molecule has 2 aromatic carbocycles. The summed E-state index contributed by atoms with van der Waals surface area (Å²) >= 11 is 1.54. The SMILES string of the molecule is CC1=CCCC2(C)C(CCC2(O)CN2CCc3ccccc3C2)c2ccc(cc2C(=O)c2ccc(C)s2)CC(O)CC1. The van der Waals surface area contributed by atoms with Crippen molar-refractivity contribution in [1.29, 1.82) is 0 Å². The van der Waals surface area contributed by atoms with Crippen LogP contribution in [0.3, 0.4) is 0 Å². The molecule has 1 fully saturated rings. The Morgan fingerprint density at radius 2 is 1.83 bits per heavy atom. The summed E-state index contributed by atoms with van der Waals surface area (Å²) in [5.41, 5.74) is 5.65. The van der Waals surface area contributed by atoms with E-state index in [1.165, 1.54) is 16.7 Å². The van der Waals surface area contributed by atoms with Crippen LogP contribution < -0.4 is 0 Å². The summed E-state index contributed by atoms with van der Waals surface area (Å²) in [6, 6.07) is 19.0. The summed E-state index contributed by atoms with van der Waals surface area (Å²) < 4.78 is 0. The normalized spacial score (nSPS) is 28.5. The van der Waals surface area contributed by atoms with Crippen molar-refractivity contribution in [3.05, 3.63) is 104 Å². The third kappa shape index (κ3) is 5.69. The molecule has 1 aromatic heterocycles. The molecule has 4 nitrogen and oxygen atoms in total. The van der Waals surface area contributed by atoms with Crippen LogP contribution in [-0.2, 0) is 19.4 Å².